The molecule has 0 N–H and O–H groups in total. The van der Waals surface area contributed by atoms with Crippen LogP contribution >= 0.6 is 15.9 Å². The van der Waals surface area contributed by atoms with Crippen LogP contribution in [0.5, 0.6) is 0 Å². The Bertz CT molecular complexity index is 438. The van der Waals surface area contributed by atoms with E-state index in [4.69, 9.17) is 4.74 Å². The number of ketones is 1. The lowest BCUT2D eigenvalue weighted by Gasteiger charge is -2.20. The van der Waals surface area contributed by atoms with Gasteiger partial charge in [-0.15, -0.1) is 0 Å². The lowest BCUT2D eigenvalue weighted by atomic mass is 10.2. The number of halogens is 1. The van der Waals surface area contributed by atoms with Gasteiger partial charge < -0.3 is 4.74 Å². The van der Waals surface area contributed by atoms with Crippen molar-refractivity contribution in [2.45, 2.75) is 18.1 Å². The molecule has 98 valence electrons. The molecule has 0 aromatic heterocycles. The standard InChI is InChI=1S/C13H15BrO3S/c14-11-3-1-10(2-4-11)13(15)9-18(16)12-5-7-17-8-6-12/h1-4,12H,5-9H2. The maximum atomic E-state index is 12.1. The fourth-order valence-electron chi connectivity index (χ4n) is 1.91. The minimum absolute atomic E-state index is 0.0488. The first-order valence-electron chi connectivity index (χ1n) is 5.90. The van der Waals surface area contributed by atoms with Crippen molar-refractivity contribution in [3.05, 3.63) is 34.3 Å². The molecule has 2 rings (SSSR count). The van der Waals surface area contributed by atoms with Gasteiger partial charge in [0, 0.05) is 39.3 Å². The third-order valence-corrected chi connectivity index (χ3v) is 5.27. The molecule has 1 aliphatic heterocycles. The minimum atomic E-state index is -1.08. The lowest BCUT2D eigenvalue weighted by Crippen LogP contribution is -2.28. The maximum absolute atomic E-state index is 12.1. The zero-order valence-electron chi connectivity index (χ0n) is 9.93. The molecule has 1 aromatic rings. The number of Topliss-reactive ketones (excluding diaryl/α,β-unsaturated/α-hetero) is 1. The van der Waals surface area contributed by atoms with Crippen molar-refractivity contribution in [3.8, 4) is 0 Å². The van der Waals surface area contributed by atoms with E-state index in [-0.39, 0.29) is 16.8 Å². The molecule has 1 aliphatic rings. The van der Waals surface area contributed by atoms with Crippen molar-refractivity contribution in [3.63, 3.8) is 0 Å². The van der Waals surface area contributed by atoms with Crippen molar-refractivity contribution in [1.82, 2.24) is 0 Å². The molecule has 1 aromatic carbocycles. The van der Waals surface area contributed by atoms with E-state index in [1.165, 1.54) is 0 Å². The Kier molecular flexibility index (Phi) is 5.09. The normalized spacial score (nSPS) is 18.5. The van der Waals surface area contributed by atoms with E-state index in [2.05, 4.69) is 15.9 Å². The summed E-state index contributed by atoms with van der Waals surface area (Å²) in [7, 11) is -1.08. The van der Waals surface area contributed by atoms with Crippen molar-refractivity contribution >= 4 is 32.5 Å². The average Bonchev–Trinajstić information content (AvgIpc) is 2.40. The zero-order chi connectivity index (χ0) is 13.0. The highest BCUT2D eigenvalue weighted by atomic mass is 79.9. The van der Waals surface area contributed by atoms with Gasteiger partial charge in [0.1, 0.15) is 0 Å². The Hall–Kier alpha value is -0.520. The van der Waals surface area contributed by atoms with E-state index in [1.54, 1.807) is 12.1 Å². The predicted molar refractivity (Wildman–Crippen MR) is 75.3 cm³/mol. The fourth-order valence-corrected chi connectivity index (χ4v) is 3.55. The Morgan fingerprint density at radius 1 is 1.28 bits per heavy atom. The third-order valence-electron chi connectivity index (χ3n) is 2.98. The second kappa shape index (κ2) is 6.59. The van der Waals surface area contributed by atoms with Gasteiger partial charge in [0.25, 0.3) is 0 Å². The summed E-state index contributed by atoms with van der Waals surface area (Å²) in [5, 5.41) is 0.109. The van der Waals surface area contributed by atoms with Gasteiger partial charge >= 0.3 is 0 Å². The largest absolute Gasteiger partial charge is 0.381 e. The highest BCUT2D eigenvalue weighted by molar-refractivity contribution is 9.10. The van der Waals surface area contributed by atoms with Gasteiger partial charge in [-0.25, -0.2) is 0 Å². The number of benzene rings is 1. The summed E-state index contributed by atoms with van der Waals surface area (Å²) in [5.41, 5.74) is 0.624. The molecule has 1 atom stereocenters. The monoisotopic (exact) mass is 330 g/mol. The molecule has 18 heavy (non-hydrogen) atoms. The Morgan fingerprint density at radius 2 is 1.89 bits per heavy atom. The topological polar surface area (TPSA) is 43.4 Å². The molecule has 0 saturated carbocycles. The number of carbonyl (C=O) groups is 1. The minimum Gasteiger partial charge on any atom is -0.381 e. The predicted octanol–water partition coefficient (Wildman–Crippen LogP) is 2.56. The van der Waals surface area contributed by atoms with E-state index < -0.39 is 10.8 Å². The van der Waals surface area contributed by atoms with Crippen LogP contribution in [-0.4, -0.2) is 34.2 Å². The summed E-state index contributed by atoms with van der Waals surface area (Å²) in [6, 6.07) is 7.16. The van der Waals surface area contributed by atoms with Crippen LogP contribution in [0.1, 0.15) is 23.2 Å². The van der Waals surface area contributed by atoms with Crippen LogP contribution in [0.3, 0.4) is 0 Å². The maximum Gasteiger partial charge on any atom is 0.175 e. The smallest absolute Gasteiger partial charge is 0.175 e. The SMILES string of the molecule is O=C(CS(=O)C1CCOCC1)c1ccc(Br)cc1. The molecular formula is C13H15BrO3S. The van der Waals surface area contributed by atoms with Crippen molar-refractivity contribution < 1.29 is 13.7 Å². The zero-order valence-corrected chi connectivity index (χ0v) is 12.3. The molecule has 0 spiro atoms. The number of hydrogen-bond acceptors (Lipinski definition) is 3. The number of rotatable bonds is 4. The van der Waals surface area contributed by atoms with Crippen LogP contribution in [0.15, 0.2) is 28.7 Å². The van der Waals surface area contributed by atoms with Crippen molar-refractivity contribution in [1.29, 1.82) is 0 Å². The van der Waals surface area contributed by atoms with Crippen molar-refractivity contribution in [2.75, 3.05) is 19.0 Å². The van der Waals surface area contributed by atoms with E-state index in [1.807, 2.05) is 12.1 Å². The molecule has 1 heterocycles. The molecule has 0 radical (unpaired) electrons. The van der Waals surface area contributed by atoms with Gasteiger partial charge in [-0.3, -0.25) is 9.00 Å². The molecule has 0 amide bonds. The first-order chi connectivity index (χ1) is 8.66. The summed E-state index contributed by atoms with van der Waals surface area (Å²) in [5.74, 6) is 0.0686. The Labute approximate surface area is 117 Å². The van der Waals surface area contributed by atoms with E-state index in [0.29, 0.717) is 18.8 Å². The highest BCUT2D eigenvalue weighted by Gasteiger charge is 2.22. The van der Waals surface area contributed by atoms with Gasteiger partial charge in [0.15, 0.2) is 5.78 Å². The molecule has 0 aliphatic carbocycles. The average molecular weight is 331 g/mol. The van der Waals surface area contributed by atoms with E-state index >= 15 is 0 Å². The van der Waals surface area contributed by atoms with Crippen LogP contribution in [0.4, 0.5) is 0 Å². The Morgan fingerprint density at radius 3 is 2.50 bits per heavy atom. The van der Waals surface area contributed by atoms with Gasteiger partial charge in [0.2, 0.25) is 0 Å². The van der Waals surface area contributed by atoms with Crippen molar-refractivity contribution in [2.24, 2.45) is 0 Å². The molecule has 1 saturated heterocycles. The molecule has 5 heteroatoms. The second-order valence-electron chi connectivity index (χ2n) is 4.27. The molecular weight excluding hydrogens is 316 g/mol. The summed E-state index contributed by atoms with van der Waals surface area (Å²) >= 11 is 3.32. The van der Waals surface area contributed by atoms with Crippen LogP contribution in [0.2, 0.25) is 0 Å². The number of hydrogen-bond donors (Lipinski definition) is 0. The molecule has 1 unspecified atom stereocenters. The summed E-state index contributed by atoms with van der Waals surface area (Å²) in [4.78, 5) is 12.0. The van der Waals surface area contributed by atoms with E-state index in [0.717, 1.165) is 17.3 Å². The summed E-state index contributed by atoms with van der Waals surface area (Å²) < 4.78 is 18.2. The molecule has 3 nitrogen and oxygen atoms in total. The first-order valence-corrected chi connectivity index (χ1v) is 8.08. The summed E-state index contributed by atoms with van der Waals surface area (Å²) in [6.07, 6.45) is 1.58. The highest BCUT2D eigenvalue weighted by Crippen LogP contribution is 2.16. The van der Waals surface area contributed by atoms with Gasteiger partial charge in [-0.2, -0.15) is 0 Å². The van der Waals surface area contributed by atoms with Gasteiger partial charge in [0.05, 0.1) is 5.75 Å². The molecule has 1 fully saturated rings. The van der Waals surface area contributed by atoms with Crippen LogP contribution in [0.25, 0.3) is 0 Å². The quantitative estimate of drug-likeness (QED) is 0.797. The van der Waals surface area contributed by atoms with Gasteiger partial charge in [-0.1, -0.05) is 28.1 Å². The second-order valence-corrected chi connectivity index (χ2v) is 6.90. The lowest BCUT2D eigenvalue weighted by molar-refractivity contribution is 0.0980. The fraction of sp³-hybridized carbons (Fsp3) is 0.462. The summed E-state index contributed by atoms with van der Waals surface area (Å²) in [6.45, 7) is 1.31. The van der Waals surface area contributed by atoms with Crippen LogP contribution < -0.4 is 0 Å². The third kappa shape index (κ3) is 3.73. The number of carbonyl (C=O) groups excluding carboxylic acids is 1. The first kappa shape index (κ1) is 13.9. The van der Waals surface area contributed by atoms with Crippen LogP contribution in [-0.2, 0) is 15.5 Å². The Balaban J connectivity index is 1.94. The van der Waals surface area contributed by atoms with E-state index in [9.17, 15) is 9.00 Å². The van der Waals surface area contributed by atoms with Crippen LogP contribution in [0, 0.1) is 0 Å². The van der Waals surface area contributed by atoms with Gasteiger partial charge in [-0.05, 0) is 25.0 Å². The molecule has 0 bridgehead atoms. The number of ether oxygens (including phenoxy) is 1.